The Morgan fingerprint density at radius 2 is 0.667 bits per heavy atom. The fourth-order valence-electron chi connectivity index (χ4n) is 3.63. The number of aromatic nitrogens is 3. The second-order valence-electron chi connectivity index (χ2n) is 8.14. The first-order valence-electron chi connectivity index (χ1n) is 11.3. The molecular formula is C27H30N6. The Hall–Kier alpha value is -3.93. The van der Waals surface area contributed by atoms with E-state index in [0.29, 0.717) is 17.8 Å². The molecule has 0 spiro atoms. The van der Waals surface area contributed by atoms with Gasteiger partial charge in [0.15, 0.2) is 0 Å². The molecule has 0 amide bonds. The van der Waals surface area contributed by atoms with Crippen LogP contribution in [0.3, 0.4) is 0 Å². The number of anilines is 3. The maximum absolute atomic E-state index is 4.66. The van der Waals surface area contributed by atoms with Gasteiger partial charge < -0.3 is 16.0 Å². The molecule has 0 aliphatic heterocycles. The summed E-state index contributed by atoms with van der Waals surface area (Å²) in [5.41, 5.74) is 3.49. The van der Waals surface area contributed by atoms with Gasteiger partial charge in [0, 0.05) is 0 Å². The van der Waals surface area contributed by atoms with Crippen LogP contribution in [-0.2, 0) is 0 Å². The lowest BCUT2D eigenvalue weighted by Crippen LogP contribution is -2.17. The third-order valence-corrected chi connectivity index (χ3v) is 5.57. The van der Waals surface area contributed by atoms with E-state index in [0.717, 1.165) is 16.7 Å². The zero-order chi connectivity index (χ0) is 23.0. The van der Waals surface area contributed by atoms with Gasteiger partial charge in [0.1, 0.15) is 0 Å². The van der Waals surface area contributed by atoms with Crippen LogP contribution in [0.1, 0.15) is 55.6 Å². The van der Waals surface area contributed by atoms with Crippen LogP contribution in [0.2, 0.25) is 0 Å². The van der Waals surface area contributed by atoms with Crippen LogP contribution in [-0.4, -0.2) is 15.0 Å². The molecule has 3 N–H and O–H groups in total. The molecule has 0 bridgehead atoms. The molecule has 0 saturated carbocycles. The Morgan fingerprint density at radius 3 is 0.909 bits per heavy atom. The first kappa shape index (κ1) is 22.3. The molecule has 0 unspecified atom stereocenters. The highest BCUT2D eigenvalue weighted by Gasteiger charge is 2.15. The third kappa shape index (κ3) is 6.07. The molecule has 168 valence electrons. The summed E-state index contributed by atoms with van der Waals surface area (Å²) in [5, 5.41) is 10.3. The minimum absolute atomic E-state index is 0.0485. The predicted octanol–water partition coefficient (Wildman–Crippen LogP) is 6.39. The molecule has 1 aromatic heterocycles. The summed E-state index contributed by atoms with van der Waals surface area (Å²) in [7, 11) is 0. The fourth-order valence-corrected chi connectivity index (χ4v) is 3.63. The first-order chi connectivity index (χ1) is 16.1. The van der Waals surface area contributed by atoms with E-state index in [1.807, 2.05) is 54.6 Å². The quantitative estimate of drug-likeness (QED) is 0.281. The Balaban J connectivity index is 1.59. The number of hydrogen-bond acceptors (Lipinski definition) is 6. The van der Waals surface area contributed by atoms with Gasteiger partial charge >= 0.3 is 0 Å². The topological polar surface area (TPSA) is 74.8 Å². The minimum atomic E-state index is 0.0485. The number of rotatable bonds is 9. The van der Waals surface area contributed by atoms with Crippen LogP contribution in [0.15, 0.2) is 91.0 Å². The smallest absolute Gasteiger partial charge is 0.229 e. The molecule has 3 atom stereocenters. The van der Waals surface area contributed by atoms with E-state index in [9.17, 15) is 0 Å². The molecule has 0 aliphatic rings. The second-order valence-corrected chi connectivity index (χ2v) is 8.14. The molecule has 3 aromatic carbocycles. The summed E-state index contributed by atoms with van der Waals surface area (Å²) in [6.07, 6.45) is 0. The molecule has 33 heavy (non-hydrogen) atoms. The van der Waals surface area contributed by atoms with Gasteiger partial charge in [-0.25, -0.2) is 0 Å². The van der Waals surface area contributed by atoms with Crippen molar-refractivity contribution in [3.8, 4) is 0 Å². The van der Waals surface area contributed by atoms with Gasteiger partial charge in [-0.15, -0.1) is 0 Å². The van der Waals surface area contributed by atoms with Crippen molar-refractivity contribution in [2.24, 2.45) is 0 Å². The van der Waals surface area contributed by atoms with Gasteiger partial charge in [-0.05, 0) is 37.5 Å². The van der Waals surface area contributed by atoms with Crippen molar-refractivity contribution in [2.45, 2.75) is 38.9 Å². The van der Waals surface area contributed by atoms with Crippen molar-refractivity contribution in [1.29, 1.82) is 0 Å². The van der Waals surface area contributed by atoms with E-state index in [-0.39, 0.29) is 18.1 Å². The third-order valence-electron chi connectivity index (χ3n) is 5.57. The number of benzene rings is 3. The highest BCUT2D eigenvalue weighted by molar-refractivity contribution is 5.46. The lowest BCUT2D eigenvalue weighted by Gasteiger charge is -2.19. The van der Waals surface area contributed by atoms with Crippen LogP contribution in [0.5, 0.6) is 0 Å². The zero-order valence-electron chi connectivity index (χ0n) is 19.2. The van der Waals surface area contributed by atoms with Gasteiger partial charge in [-0.1, -0.05) is 91.0 Å². The van der Waals surface area contributed by atoms with Crippen molar-refractivity contribution in [3.63, 3.8) is 0 Å². The highest BCUT2D eigenvalue weighted by atomic mass is 15.3. The van der Waals surface area contributed by atoms with E-state index in [4.69, 9.17) is 0 Å². The van der Waals surface area contributed by atoms with Crippen LogP contribution in [0.4, 0.5) is 17.8 Å². The Bertz CT molecular complexity index is 976. The first-order valence-corrected chi connectivity index (χ1v) is 11.3. The zero-order valence-corrected chi connectivity index (χ0v) is 19.2. The van der Waals surface area contributed by atoms with E-state index in [1.165, 1.54) is 0 Å². The van der Waals surface area contributed by atoms with Gasteiger partial charge in [0.25, 0.3) is 0 Å². The van der Waals surface area contributed by atoms with Crippen LogP contribution >= 0.6 is 0 Å². The molecule has 0 radical (unpaired) electrons. The monoisotopic (exact) mass is 438 g/mol. The molecule has 0 fully saturated rings. The number of nitrogens with one attached hydrogen (secondary N) is 3. The van der Waals surface area contributed by atoms with Crippen molar-refractivity contribution in [3.05, 3.63) is 108 Å². The lowest BCUT2D eigenvalue weighted by molar-refractivity contribution is 0.816. The fraction of sp³-hybridized carbons (Fsp3) is 0.222. The largest absolute Gasteiger partial charge is 0.348 e. The van der Waals surface area contributed by atoms with E-state index in [1.54, 1.807) is 0 Å². The lowest BCUT2D eigenvalue weighted by atomic mass is 10.1. The number of nitrogens with zero attached hydrogens (tertiary/aromatic N) is 3. The van der Waals surface area contributed by atoms with Gasteiger partial charge in [0.05, 0.1) is 18.1 Å². The van der Waals surface area contributed by atoms with E-state index < -0.39 is 0 Å². The van der Waals surface area contributed by atoms with Crippen LogP contribution in [0, 0.1) is 0 Å². The number of hydrogen-bond donors (Lipinski definition) is 3. The van der Waals surface area contributed by atoms with Crippen LogP contribution < -0.4 is 16.0 Å². The maximum atomic E-state index is 4.66. The normalized spacial score (nSPS) is 13.5. The van der Waals surface area contributed by atoms with Crippen LogP contribution in [0.25, 0.3) is 0 Å². The summed E-state index contributed by atoms with van der Waals surface area (Å²) in [4.78, 5) is 14.0. The average Bonchev–Trinajstić information content (AvgIpc) is 2.85. The average molecular weight is 439 g/mol. The van der Waals surface area contributed by atoms with Gasteiger partial charge in [-0.2, -0.15) is 15.0 Å². The summed E-state index contributed by atoms with van der Waals surface area (Å²) in [6, 6.07) is 30.9. The predicted molar refractivity (Wildman–Crippen MR) is 135 cm³/mol. The Morgan fingerprint density at radius 1 is 0.424 bits per heavy atom. The van der Waals surface area contributed by atoms with Gasteiger partial charge in [0.2, 0.25) is 17.8 Å². The van der Waals surface area contributed by atoms with Crippen molar-refractivity contribution >= 4 is 17.8 Å². The van der Waals surface area contributed by atoms with Crippen molar-refractivity contribution in [2.75, 3.05) is 16.0 Å². The van der Waals surface area contributed by atoms with E-state index in [2.05, 4.69) is 88.1 Å². The standard InChI is InChI=1S/C27H30N6/c1-19(22-13-7-4-8-14-22)28-25-31-26(29-20(2)23-15-9-5-10-16-23)33-27(32-25)30-21(3)24-17-11-6-12-18-24/h4-21H,1-3H3,(H3,28,29,30,31,32,33)/t19-,20-,21+/m1/s1. The second kappa shape index (κ2) is 10.6. The molecule has 4 rings (SSSR count). The SMILES string of the molecule is C[C@H](Nc1nc(N[C@H](C)c2ccccc2)nc(N[C@H](C)c2ccccc2)n1)c1ccccc1. The summed E-state index contributed by atoms with van der Waals surface area (Å²) >= 11 is 0. The Kier molecular flexibility index (Phi) is 7.15. The summed E-state index contributed by atoms with van der Waals surface area (Å²) < 4.78 is 0. The van der Waals surface area contributed by atoms with Gasteiger partial charge in [-0.3, -0.25) is 0 Å². The molecule has 6 heteroatoms. The minimum Gasteiger partial charge on any atom is -0.348 e. The molecular weight excluding hydrogens is 408 g/mol. The molecule has 4 aromatic rings. The van der Waals surface area contributed by atoms with Crippen molar-refractivity contribution in [1.82, 2.24) is 15.0 Å². The summed E-state index contributed by atoms with van der Waals surface area (Å²) in [6.45, 7) is 6.29. The molecule has 1 heterocycles. The van der Waals surface area contributed by atoms with E-state index >= 15 is 0 Å². The summed E-state index contributed by atoms with van der Waals surface area (Å²) in [5.74, 6) is 1.56. The van der Waals surface area contributed by atoms with Crippen molar-refractivity contribution < 1.29 is 0 Å². The molecule has 6 nitrogen and oxygen atoms in total. The molecule has 0 aliphatic carbocycles. The maximum Gasteiger partial charge on any atom is 0.229 e. The Labute approximate surface area is 195 Å². The highest BCUT2D eigenvalue weighted by Crippen LogP contribution is 2.23. The molecule has 0 saturated heterocycles.